The van der Waals surface area contributed by atoms with Gasteiger partial charge < -0.3 is 19.0 Å². The second-order valence-corrected chi connectivity index (χ2v) is 4.27. The van der Waals surface area contributed by atoms with Gasteiger partial charge in [-0.3, -0.25) is 0 Å². The van der Waals surface area contributed by atoms with Crippen LogP contribution in [-0.4, -0.2) is 19.3 Å². The first-order chi connectivity index (χ1) is 9.67. The normalized spacial score (nSPS) is 10.9. The Morgan fingerprint density at radius 1 is 1.05 bits per heavy atom. The number of hydrogen-bond acceptors (Lipinski definition) is 5. The number of ether oxygens (including phenoxy) is 2. The van der Waals surface area contributed by atoms with Crippen molar-refractivity contribution in [2.75, 3.05) is 14.2 Å². The smallest absolute Gasteiger partial charge is 0.344 e. The van der Waals surface area contributed by atoms with Crippen LogP contribution in [0.3, 0.4) is 0 Å². The predicted molar refractivity (Wildman–Crippen MR) is 74.8 cm³/mol. The highest BCUT2D eigenvalue weighted by Gasteiger charge is 2.17. The molecule has 0 aliphatic carbocycles. The molecule has 1 N–H and O–H groups in total. The molecule has 0 saturated heterocycles. The molecule has 102 valence electrons. The van der Waals surface area contributed by atoms with Gasteiger partial charge in [0.05, 0.1) is 19.6 Å². The van der Waals surface area contributed by atoms with Gasteiger partial charge in [0.25, 0.3) is 0 Å². The summed E-state index contributed by atoms with van der Waals surface area (Å²) in [5, 5.41) is 11.5. The molecule has 3 aromatic rings. The summed E-state index contributed by atoms with van der Waals surface area (Å²) in [7, 11) is 2.94. The fourth-order valence-electron chi connectivity index (χ4n) is 2.34. The van der Waals surface area contributed by atoms with Crippen LogP contribution in [0.5, 0.6) is 17.2 Å². The van der Waals surface area contributed by atoms with Gasteiger partial charge in [-0.05, 0) is 24.3 Å². The van der Waals surface area contributed by atoms with Crippen molar-refractivity contribution in [3.63, 3.8) is 0 Å². The SMILES string of the molecule is COc1c(O)ccc2c1oc(=O)c1cccc(OC)c12. The second kappa shape index (κ2) is 4.45. The van der Waals surface area contributed by atoms with Crippen LogP contribution in [0, 0.1) is 0 Å². The van der Waals surface area contributed by atoms with Crippen LogP contribution >= 0.6 is 0 Å². The van der Waals surface area contributed by atoms with E-state index in [4.69, 9.17) is 13.9 Å². The van der Waals surface area contributed by atoms with Crippen molar-refractivity contribution in [2.24, 2.45) is 0 Å². The highest BCUT2D eigenvalue weighted by atomic mass is 16.5. The Morgan fingerprint density at radius 2 is 1.85 bits per heavy atom. The maximum atomic E-state index is 12.1. The minimum atomic E-state index is -0.504. The van der Waals surface area contributed by atoms with Gasteiger partial charge in [-0.2, -0.15) is 0 Å². The zero-order valence-corrected chi connectivity index (χ0v) is 11.0. The van der Waals surface area contributed by atoms with Crippen molar-refractivity contribution in [2.45, 2.75) is 0 Å². The van der Waals surface area contributed by atoms with Gasteiger partial charge in [-0.1, -0.05) is 6.07 Å². The Morgan fingerprint density at radius 3 is 2.55 bits per heavy atom. The molecule has 3 rings (SSSR count). The summed E-state index contributed by atoms with van der Waals surface area (Å²) in [6, 6.07) is 8.32. The summed E-state index contributed by atoms with van der Waals surface area (Å²) in [4.78, 5) is 12.1. The first-order valence-electron chi connectivity index (χ1n) is 5.97. The molecular weight excluding hydrogens is 260 g/mol. The Balaban J connectivity index is 2.63. The first-order valence-corrected chi connectivity index (χ1v) is 5.97. The summed E-state index contributed by atoms with van der Waals surface area (Å²) in [5.41, 5.74) is -0.301. The standard InChI is InChI=1S/C15H12O5/c1-18-11-5-3-4-9-12(11)8-6-7-10(16)14(19-2)13(8)20-15(9)17/h3-7,16H,1-2H3. The zero-order chi connectivity index (χ0) is 14.3. The molecule has 5 heteroatoms. The van der Waals surface area contributed by atoms with E-state index in [-0.39, 0.29) is 17.1 Å². The van der Waals surface area contributed by atoms with Crippen LogP contribution < -0.4 is 15.1 Å². The minimum Gasteiger partial charge on any atom is -0.504 e. The number of fused-ring (bicyclic) bond motifs is 3. The fourth-order valence-corrected chi connectivity index (χ4v) is 2.34. The summed E-state index contributed by atoms with van der Waals surface area (Å²) in [6.45, 7) is 0. The van der Waals surface area contributed by atoms with E-state index in [2.05, 4.69) is 0 Å². The lowest BCUT2D eigenvalue weighted by Crippen LogP contribution is -2.02. The zero-order valence-electron chi connectivity index (χ0n) is 11.0. The van der Waals surface area contributed by atoms with Crippen LogP contribution in [-0.2, 0) is 0 Å². The number of methoxy groups -OCH3 is 2. The maximum absolute atomic E-state index is 12.1. The number of aromatic hydroxyl groups is 1. The summed E-state index contributed by atoms with van der Waals surface area (Å²) >= 11 is 0. The monoisotopic (exact) mass is 272 g/mol. The third kappa shape index (κ3) is 1.60. The van der Waals surface area contributed by atoms with Gasteiger partial charge in [0.15, 0.2) is 11.3 Å². The van der Waals surface area contributed by atoms with E-state index in [0.29, 0.717) is 21.9 Å². The highest BCUT2D eigenvalue weighted by molar-refractivity contribution is 6.09. The lowest BCUT2D eigenvalue weighted by atomic mass is 10.1. The van der Waals surface area contributed by atoms with Crippen LogP contribution in [0.25, 0.3) is 21.7 Å². The van der Waals surface area contributed by atoms with Crippen molar-refractivity contribution in [3.05, 3.63) is 40.8 Å². The second-order valence-electron chi connectivity index (χ2n) is 4.27. The largest absolute Gasteiger partial charge is 0.504 e. The van der Waals surface area contributed by atoms with Crippen LogP contribution in [0.1, 0.15) is 0 Å². The molecule has 1 aromatic heterocycles. The number of phenols is 1. The first kappa shape index (κ1) is 12.3. The number of rotatable bonds is 2. The number of phenolic OH excluding ortho intramolecular Hbond substituents is 1. The third-order valence-electron chi connectivity index (χ3n) is 3.23. The molecule has 0 unspecified atom stereocenters. The van der Waals surface area contributed by atoms with E-state index in [1.807, 2.05) is 0 Å². The van der Waals surface area contributed by atoms with E-state index < -0.39 is 5.63 Å². The lowest BCUT2D eigenvalue weighted by Gasteiger charge is -2.10. The molecule has 5 nitrogen and oxygen atoms in total. The molecule has 0 spiro atoms. The molecule has 0 bridgehead atoms. The van der Waals surface area contributed by atoms with Crippen LogP contribution in [0.4, 0.5) is 0 Å². The highest BCUT2D eigenvalue weighted by Crippen LogP contribution is 2.39. The van der Waals surface area contributed by atoms with E-state index in [0.717, 1.165) is 0 Å². The Bertz CT molecular complexity index is 863. The van der Waals surface area contributed by atoms with Gasteiger partial charge in [-0.25, -0.2) is 4.79 Å². The van der Waals surface area contributed by atoms with Gasteiger partial charge in [-0.15, -0.1) is 0 Å². The molecule has 0 radical (unpaired) electrons. The Kier molecular flexibility index (Phi) is 2.75. The van der Waals surface area contributed by atoms with Crippen molar-refractivity contribution >= 4 is 21.7 Å². The summed E-state index contributed by atoms with van der Waals surface area (Å²) < 4.78 is 15.7. The van der Waals surface area contributed by atoms with Crippen molar-refractivity contribution < 1.29 is 19.0 Å². The lowest BCUT2D eigenvalue weighted by molar-refractivity contribution is 0.369. The van der Waals surface area contributed by atoms with Crippen LogP contribution in [0.15, 0.2) is 39.5 Å². The number of benzene rings is 2. The molecule has 20 heavy (non-hydrogen) atoms. The molecule has 0 fully saturated rings. The predicted octanol–water partition coefficient (Wildman–Crippen LogP) is 2.67. The molecule has 1 heterocycles. The van der Waals surface area contributed by atoms with Gasteiger partial charge in [0.2, 0.25) is 5.75 Å². The van der Waals surface area contributed by atoms with Crippen molar-refractivity contribution in [1.29, 1.82) is 0 Å². The topological polar surface area (TPSA) is 68.9 Å². The molecule has 2 aromatic carbocycles. The Labute approximate surface area is 114 Å². The molecular formula is C15H12O5. The number of hydrogen-bond donors (Lipinski definition) is 1. The summed E-state index contributed by atoms with van der Waals surface area (Å²) in [5.74, 6) is 0.609. The Hall–Kier alpha value is -2.69. The molecule has 0 saturated carbocycles. The average molecular weight is 272 g/mol. The summed E-state index contributed by atoms with van der Waals surface area (Å²) in [6.07, 6.45) is 0. The molecule has 0 atom stereocenters. The van der Waals surface area contributed by atoms with E-state index >= 15 is 0 Å². The minimum absolute atomic E-state index is 0.0857. The molecule has 0 aliphatic heterocycles. The van der Waals surface area contributed by atoms with Gasteiger partial charge in [0, 0.05) is 10.8 Å². The van der Waals surface area contributed by atoms with Gasteiger partial charge >= 0.3 is 5.63 Å². The third-order valence-corrected chi connectivity index (χ3v) is 3.23. The van der Waals surface area contributed by atoms with Crippen LogP contribution in [0.2, 0.25) is 0 Å². The average Bonchev–Trinajstić information content (AvgIpc) is 2.46. The van der Waals surface area contributed by atoms with Crippen molar-refractivity contribution in [3.8, 4) is 17.2 Å². The van der Waals surface area contributed by atoms with E-state index in [9.17, 15) is 9.90 Å². The maximum Gasteiger partial charge on any atom is 0.344 e. The fraction of sp³-hybridized carbons (Fsp3) is 0.133. The van der Waals surface area contributed by atoms with Gasteiger partial charge in [0.1, 0.15) is 5.75 Å². The van der Waals surface area contributed by atoms with E-state index in [1.165, 1.54) is 20.3 Å². The molecule has 0 aliphatic rings. The van der Waals surface area contributed by atoms with E-state index in [1.54, 1.807) is 24.3 Å². The molecule has 0 amide bonds. The van der Waals surface area contributed by atoms with Crippen molar-refractivity contribution in [1.82, 2.24) is 0 Å². The quantitative estimate of drug-likeness (QED) is 0.573.